The molecule has 0 aromatic heterocycles. The van der Waals surface area contributed by atoms with E-state index in [4.69, 9.17) is 14.2 Å². The number of amides is 3. The first-order valence-electron chi connectivity index (χ1n) is 8.87. The molecule has 26 heavy (non-hydrogen) atoms. The molecule has 9 heteroatoms. The van der Waals surface area contributed by atoms with Crippen LogP contribution in [0.25, 0.3) is 0 Å². The molecular weight excluding hydrogens is 342 g/mol. The second-order valence-electron chi connectivity index (χ2n) is 7.66. The number of hydrogen-bond donors (Lipinski definition) is 1. The average molecular weight is 373 g/mol. The molecule has 0 aromatic rings. The molecule has 1 fully saturated rings. The van der Waals surface area contributed by atoms with Gasteiger partial charge in [-0.2, -0.15) is 5.01 Å². The minimum atomic E-state index is -0.795. The Labute approximate surface area is 154 Å². The zero-order valence-electron chi connectivity index (χ0n) is 16.7. The normalized spacial score (nSPS) is 17.3. The van der Waals surface area contributed by atoms with E-state index in [1.165, 1.54) is 4.90 Å². The Bertz CT molecular complexity index is 515. The van der Waals surface area contributed by atoms with Crippen molar-refractivity contribution in [2.24, 2.45) is 0 Å². The molecule has 0 bridgehead atoms. The number of nitrogens with zero attached hydrogens (tertiary/aromatic N) is 2. The summed E-state index contributed by atoms with van der Waals surface area (Å²) in [5.41, 5.74) is 1.72. The van der Waals surface area contributed by atoms with Gasteiger partial charge in [0.2, 0.25) is 0 Å². The molecule has 1 saturated heterocycles. The van der Waals surface area contributed by atoms with Gasteiger partial charge >= 0.3 is 18.3 Å². The van der Waals surface area contributed by atoms with Crippen LogP contribution in [0.4, 0.5) is 14.4 Å². The molecule has 0 aliphatic carbocycles. The summed E-state index contributed by atoms with van der Waals surface area (Å²) in [6.45, 7) is 12.5. The van der Waals surface area contributed by atoms with Crippen LogP contribution < -0.4 is 5.43 Å². The van der Waals surface area contributed by atoms with Gasteiger partial charge < -0.3 is 14.2 Å². The minimum absolute atomic E-state index is 0.358. The van der Waals surface area contributed by atoms with Gasteiger partial charge in [-0.3, -0.25) is 4.90 Å². The second kappa shape index (κ2) is 8.95. The predicted molar refractivity (Wildman–Crippen MR) is 94.2 cm³/mol. The smallest absolute Gasteiger partial charge is 0.431 e. The fourth-order valence-corrected chi connectivity index (χ4v) is 2.39. The maximum Gasteiger partial charge on any atom is 0.431 e. The van der Waals surface area contributed by atoms with Gasteiger partial charge in [0.05, 0.1) is 12.2 Å². The van der Waals surface area contributed by atoms with Crippen LogP contribution in [0.2, 0.25) is 0 Å². The quantitative estimate of drug-likeness (QED) is 0.602. The van der Waals surface area contributed by atoms with Crippen LogP contribution in [-0.4, -0.2) is 58.7 Å². The molecule has 0 saturated carbocycles. The van der Waals surface area contributed by atoms with E-state index in [0.717, 1.165) is 5.01 Å². The van der Waals surface area contributed by atoms with Crippen molar-refractivity contribution in [1.82, 2.24) is 15.3 Å². The molecule has 3 amide bonds. The third-order valence-corrected chi connectivity index (χ3v) is 3.23. The van der Waals surface area contributed by atoms with Crippen molar-refractivity contribution in [3.63, 3.8) is 0 Å². The number of hydrazine groups is 1. The zero-order valence-corrected chi connectivity index (χ0v) is 16.7. The third kappa shape index (κ3) is 6.97. The van der Waals surface area contributed by atoms with E-state index in [9.17, 15) is 14.4 Å². The molecule has 9 nitrogen and oxygen atoms in total. The predicted octanol–water partition coefficient (Wildman–Crippen LogP) is 3.24. The molecule has 1 rings (SSSR count). The lowest BCUT2D eigenvalue weighted by atomic mass is 10.2. The van der Waals surface area contributed by atoms with Crippen molar-refractivity contribution in [2.75, 3.05) is 6.54 Å². The highest BCUT2D eigenvalue weighted by molar-refractivity contribution is 5.75. The van der Waals surface area contributed by atoms with Gasteiger partial charge in [-0.05, 0) is 61.3 Å². The van der Waals surface area contributed by atoms with Crippen molar-refractivity contribution >= 4 is 18.3 Å². The Hall–Kier alpha value is -2.19. The Morgan fingerprint density at radius 3 is 2.15 bits per heavy atom. The Kier molecular flexibility index (Phi) is 7.53. The highest BCUT2D eigenvalue weighted by Crippen LogP contribution is 2.23. The number of rotatable bonds is 3. The molecule has 0 radical (unpaired) electrons. The SMILES string of the molecule is CC(C)OC(=O)NN(C(=O)OC(C)C)C1CCCN1C(=O)OC(C)(C)C. The molecule has 1 atom stereocenters. The first-order chi connectivity index (χ1) is 11.9. The molecule has 0 aromatic carbocycles. The fraction of sp³-hybridized carbons (Fsp3) is 0.824. The second-order valence-corrected chi connectivity index (χ2v) is 7.66. The summed E-state index contributed by atoms with van der Waals surface area (Å²) in [5.74, 6) is 0. The van der Waals surface area contributed by atoms with Crippen LogP contribution in [0.3, 0.4) is 0 Å². The van der Waals surface area contributed by atoms with E-state index in [0.29, 0.717) is 19.4 Å². The third-order valence-electron chi connectivity index (χ3n) is 3.23. The fourth-order valence-electron chi connectivity index (χ4n) is 2.39. The lowest BCUT2D eigenvalue weighted by Crippen LogP contribution is -2.58. The van der Waals surface area contributed by atoms with Crippen molar-refractivity contribution in [3.05, 3.63) is 0 Å². The highest BCUT2D eigenvalue weighted by Gasteiger charge is 2.40. The minimum Gasteiger partial charge on any atom is -0.446 e. The van der Waals surface area contributed by atoms with Gasteiger partial charge in [0.15, 0.2) is 0 Å². The monoisotopic (exact) mass is 373 g/mol. The van der Waals surface area contributed by atoms with E-state index in [2.05, 4.69) is 5.43 Å². The number of carbonyl (C=O) groups is 3. The van der Waals surface area contributed by atoms with Gasteiger partial charge in [0.25, 0.3) is 0 Å². The summed E-state index contributed by atoms with van der Waals surface area (Å²) in [6.07, 6.45) is -2.42. The summed E-state index contributed by atoms with van der Waals surface area (Å²) in [4.78, 5) is 38.3. The summed E-state index contributed by atoms with van der Waals surface area (Å²) in [6, 6.07) is 0. The number of ether oxygens (including phenoxy) is 3. The van der Waals surface area contributed by atoms with Gasteiger partial charge in [0, 0.05) is 6.54 Å². The van der Waals surface area contributed by atoms with Crippen LogP contribution in [0.5, 0.6) is 0 Å². The standard InChI is InChI=1S/C17H31N3O6/c1-11(2)24-14(21)18-20(16(23)25-12(3)4)13-9-8-10-19(13)15(22)26-17(5,6)7/h11-13H,8-10H2,1-7H3,(H,18,21). The lowest BCUT2D eigenvalue weighted by molar-refractivity contribution is -0.0186. The molecule has 1 N–H and O–H groups in total. The van der Waals surface area contributed by atoms with E-state index in [1.807, 2.05) is 0 Å². The van der Waals surface area contributed by atoms with Crippen molar-refractivity contribution < 1.29 is 28.6 Å². The van der Waals surface area contributed by atoms with Crippen molar-refractivity contribution in [1.29, 1.82) is 0 Å². The van der Waals surface area contributed by atoms with Gasteiger partial charge in [-0.1, -0.05) is 0 Å². The molecule has 1 unspecified atom stereocenters. The van der Waals surface area contributed by atoms with Crippen molar-refractivity contribution in [2.45, 2.75) is 85.3 Å². The molecule has 1 aliphatic heterocycles. The summed E-state index contributed by atoms with van der Waals surface area (Å²) in [5, 5.41) is 1.00. The van der Waals surface area contributed by atoms with E-state index < -0.39 is 30.0 Å². The van der Waals surface area contributed by atoms with E-state index in [1.54, 1.807) is 48.5 Å². The Balaban J connectivity index is 2.97. The van der Waals surface area contributed by atoms with E-state index >= 15 is 0 Å². The summed E-state index contributed by atoms with van der Waals surface area (Å²) < 4.78 is 15.6. The molecule has 1 aliphatic rings. The number of likely N-dealkylation sites (tertiary alicyclic amines) is 1. The largest absolute Gasteiger partial charge is 0.446 e. The van der Waals surface area contributed by atoms with E-state index in [-0.39, 0.29) is 12.2 Å². The Morgan fingerprint density at radius 1 is 1.08 bits per heavy atom. The Morgan fingerprint density at radius 2 is 1.65 bits per heavy atom. The molecule has 1 heterocycles. The van der Waals surface area contributed by atoms with Crippen LogP contribution in [0.1, 0.15) is 61.3 Å². The molecule has 0 spiro atoms. The topological polar surface area (TPSA) is 97.4 Å². The summed E-state index contributed by atoms with van der Waals surface area (Å²) >= 11 is 0. The van der Waals surface area contributed by atoms with Crippen LogP contribution in [0.15, 0.2) is 0 Å². The zero-order chi connectivity index (χ0) is 20.1. The first kappa shape index (κ1) is 21.9. The molecular formula is C17H31N3O6. The van der Waals surface area contributed by atoms with Gasteiger partial charge in [0.1, 0.15) is 11.8 Å². The van der Waals surface area contributed by atoms with Gasteiger partial charge in [-0.15, -0.1) is 0 Å². The highest BCUT2D eigenvalue weighted by atomic mass is 16.6. The maximum absolute atomic E-state index is 12.5. The number of carbonyl (C=O) groups excluding carboxylic acids is 3. The summed E-state index contributed by atoms with van der Waals surface area (Å²) in [7, 11) is 0. The number of nitrogens with one attached hydrogen (secondary N) is 1. The van der Waals surface area contributed by atoms with Crippen molar-refractivity contribution in [3.8, 4) is 0 Å². The lowest BCUT2D eigenvalue weighted by Gasteiger charge is -2.35. The van der Waals surface area contributed by atoms with Crippen LogP contribution in [0, 0.1) is 0 Å². The number of hydrogen-bond acceptors (Lipinski definition) is 6. The first-order valence-corrected chi connectivity index (χ1v) is 8.87. The van der Waals surface area contributed by atoms with Crippen LogP contribution in [-0.2, 0) is 14.2 Å². The van der Waals surface area contributed by atoms with Gasteiger partial charge in [-0.25, -0.2) is 19.8 Å². The average Bonchev–Trinajstić information content (AvgIpc) is 2.90. The molecule has 150 valence electrons. The van der Waals surface area contributed by atoms with Crippen LogP contribution >= 0.6 is 0 Å². The maximum atomic E-state index is 12.5.